The van der Waals surface area contributed by atoms with E-state index in [0.717, 1.165) is 0 Å². The number of nitro benzene ring substituents is 1. The Balaban J connectivity index is 1.86. The molecular formula is C18H14N2O4S2. The van der Waals surface area contributed by atoms with Crippen molar-refractivity contribution < 1.29 is 14.5 Å². The van der Waals surface area contributed by atoms with E-state index in [2.05, 4.69) is 0 Å². The minimum Gasteiger partial charge on any atom is -0.494 e. The van der Waals surface area contributed by atoms with Crippen LogP contribution >= 0.6 is 24.0 Å². The first-order valence-electron chi connectivity index (χ1n) is 7.75. The molecule has 0 spiro atoms. The molecule has 8 heteroatoms. The maximum absolute atomic E-state index is 12.7. The molecule has 1 heterocycles. The molecule has 1 aliphatic heterocycles. The lowest BCUT2D eigenvalue weighted by Gasteiger charge is -2.15. The van der Waals surface area contributed by atoms with Gasteiger partial charge in [-0.15, -0.1) is 0 Å². The number of hydrogen-bond acceptors (Lipinski definition) is 6. The minimum atomic E-state index is -0.470. The van der Waals surface area contributed by atoms with Crippen LogP contribution < -0.4 is 9.64 Å². The number of hydrogen-bond donors (Lipinski definition) is 0. The van der Waals surface area contributed by atoms with Gasteiger partial charge in [0, 0.05) is 12.1 Å². The van der Waals surface area contributed by atoms with Crippen LogP contribution in [0.25, 0.3) is 6.08 Å². The molecule has 0 atom stereocenters. The Labute approximate surface area is 159 Å². The Kier molecular flexibility index (Phi) is 5.34. The fourth-order valence-corrected chi connectivity index (χ4v) is 3.73. The fourth-order valence-electron chi connectivity index (χ4n) is 2.43. The molecule has 26 heavy (non-hydrogen) atoms. The Bertz CT molecular complexity index is 910. The largest absolute Gasteiger partial charge is 0.494 e. The molecule has 0 bridgehead atoms. The van der Waals surface area contributed by atoms with E-state index in [1.165, 1.54) is 28.8 Å². The first-order chi connectivity index (χ1) is 12.5. The number of carbonyl (C=O) groups is 1. The summed E-state index contributed by atoms with van der Waals surface area (Å²) in [5, 5.41) is 10.9. The van der Waals surface area contributed by atoms with Crippen molar-refractivity contribution in [1.82, 2.24) is 0 Å². The average molecular weight is 386 g/mol. The van der Waals surface area contributed by atoms with Gasteiger partial charge in [-0.2, -0.15) is 0 Å². The number of nitro groups is 1. The molecule has 1 saturated heterocycles. The van der Waals surface area contributed by atoms with E-state index >= 15 is 0 Å². The Morgan fingerprint density at radius 2 is 2.00 bits per heavy atom. The van der Waals surface area contributed by atoms with Gasteiger partial charge in [-0.25, -0.2) is 0 Å². The topological polar surface area (TPSA) is 72.7 Å². The zero-order valence-electron chi connectivity index (χ0n) is 13.7. The van der Waals surface area contributed by atoms with Gasteiger partial charge in [0.05, 0.1) is 22.1 Å². The Morgan fingerprint density at radius 3 is 2.65 bits per heavy atom. The third-order valence-corrected chi connectivity index (χ3v) is 4.88. The van der Waals surface area contributed by atoms with Crippen LogP contribution in [0, 0.1) is 10.1 Å². The molecule has 2 aromatic carbocycles. The standard InChI is InChI=1S/C18H14N2O4S2/c1-2-24-15-8-6-13(7-9-15)19-17(21)16(26-18(19)25)11-12-4-3-5-14(10-12)20(22)23/h3-11H,2H2,1H3/b16-11+. The quantitative estimate of drug-likeness (QED) is 0.328. The first kappa shape index (κ1) is 18.1. The van der Waals surface area contributed by atoms with Crippen LogP contribution in [-0.2, 0) is 4.79 Å². The van der Waals surface area contributed by atoms with E-state index in [9.17, 15) is 14.9 Å². The summed E-state index contributed by atoms with van der Waals surface area (Å²) in [7, 11) is 0. The van der Waals surface area contributed by atoms with E-state index in [1.54, 1.807) is 42.5 Å². The van der Waals surface area contributed by atoms with Crippen molar-refractivity contribution in [1.29, 1.82) is 0 Å². The van der Waals surface area contributed by atoms with Crippen molar-refractivity contribution >= 4 is 51.7 Å². The van der Waals surface area contributed by atoms with Gasteiger partial charge < -0.3 is 4.74 Å². The third kappa shape index (κ3) is 3.76. The normalized spacial score (nSPS) is 15.6. The second kappa shape index (κ2) is 7.67. The van der Waals surface area contributed by atoms with Crippen molar-refractivity contribution in [2.24, 2.45) is 0 Å². The van der Waals surface area contributed by atoms with Crippen molar-refractivity contribution in [3.05, 3.63) is 69.1 Å². The molecule has 0 aromatic heterocycles. The highest BCUT2D eigenvalue weighted by Gasteiger charge is 2.33. The van der Waals surface area contributed by atoms with Crippen LogP contribution in [-0.4, -0.2) is 21.8 Å². The van der Waals surface area contributed by atoms with Gasteiger partial charge in [-0.05, 0) is 42.8 Å². The van der Waals surface area contributed by atoms with E-state index in [-0.39, 0.29) is 11.6 Å². The summed E-state index contributed by atoms with van der Waals surface area (Å²) >= 11 is 6.50. The van der Waals surface area contributed by atoms with Gasteiger partial charge in [0.2, 0.25) is 0 Å². The van der Waals surface area contributed by atoms with Gasteiger partial charge in [-0.1, -0.05) is 36.1 Å². The molecular weight excluding hydrogens is 372 g/mol. The van der Waals surface area contributed by atoms with Gasteiger partial charge >= 0.3 is 0 Å². The van der Waals surface area contributed by atoms with Crippen molar-refractivity contribution in [3.8, 4) is 5.75 Å². The number of carbonyl (C=O) groups excluding carboxylic acids is 1. The number of thioether (sulfide) groups is 1. The van der Waals surface area contributed by atoms with Crippen LogP contribution in [0.5, 0.6) is 5.75 Å². The second-order valence-electron chi connectivity index (χ2n) is 5.30. The molecule has 132 valence electrons. The Hall–Kier alpha value is -2.71. The summed E-state index contributed by atoms with van der Waals surface area (Å²) in [5.74, 6) is 0.462. The number of nitrogens with zero attached hydrogens (tertiary/aromatic N) is 2. The summed E-state index contributed by atoms with van der Waals surface area (Å²) < 4.78 is 5.81. The summed E-state index contributed by atoms with van der Waals surface area (Å²) in [6, 6.07) is 13.2. The van der Waals surface area contributed by atoms with Crippen LogP contribution in [0.2, 0.25) is 0 Å². The first-order valence-corrected chi connectivity index (χ1v) is 8.97. The highest BCUT2D eigenvalue weighted by Crippen LogP contribution is 2.36. The maximum Gasteiger partial charge on any atom is 0.270 e. The summed E-state index contributed by atoms with van der Waals surface area (Å²) in [4.78, 5) is 25.0. The monoisotopic (exact) mass is 386 g/mol. The van der Waals surface area contributed by atoms with Crippen molar-refractivity contribution in [2.45, 2.75) is 6.92 Å². The highest BCUT2D eigenvalue weighted by atomic mass is 32.2. The lowest BCUT2D eigenvalue weighted by Crippen LogP contribution is -2.27. The van der Waals surface area contributed by atoms with Crippen LogP contribution in [0.15, 0.2) is 53.4 Å². The van der Waals surface area contributed by atoms with E-state index in [1.807, 2.05) is 6.92 Å². The number of non-ortho nitro benzene ring substituents is 1. The number of benzene rings is 2. The molecule has 6 nitrogen and oxygen atoms in total. The zero-order chi connectivity index (χ0) is 18.7. The SMILES string of the molecule is CCOc1ccc(N2C(=O)/C(=C\c3cccc([N+](=O)[O-])c3)SC2=S)cc1. The van der Waals surface area contributed by atoms with Gasteiger partial charge in [0.15, 0.2) is 4.32 Å². The van der Waals surface area contributed by atoms with Crippen molar-refractivity contribution in [3.63, 3.8) is 0 Å². The molecule has 3 rings (SSSR count). The van der Waals surface area contributed by atoms with Crippen LogP contribution in [0.1, 0.15) is 12.5 Å². The predicted octanol–water partition coefficient (Wildman–Crippen LogP) is 4.40. The molecule has 0 saturated carbocycles. The third-order valence-electron chi connectivity index (χ3n) is 3.58. The number of amides is 1. The van der Waals surface area contributed by atoms with Gasteiger partial charge in [0.25, 0.3) is 11.6 Å². The molecule has 0 aliphatic carbocycles. The van der Waals surface area contributed by atoms with E-state index in [4.69, 9.17) is 17.0 Å². The molecule has 1 aliphatic rings. The fraction of sp³-hybridized carbons (Fsp3) is 0.111. The lowest BCUT2D eigenvalue weighted by molar-refractivity contribution is -0.384. The predicted molar refractivity (Wildman–Crippen MR) is 106 cm³/mol. The molecule has 0 N–H and O–H groups in total. The number of thiocarbonyl (C=S) groups is 1. The number of anilines is 1. The Morgan fingerprint density at radius 1 is 1.27 bits per heavy atom. The van der Waals surface area contributed by atoms with Crippen molar-refractivity contribution in [2.75, 3.05) is 11.5 Å². The molecule has 2 aromatic rings. The zero-order valence-corrected chi connectivity index (χ0v) is 15.4. The van der Waals surface area contributed by atoms with E-state index < -0.39 is 4.92 Å². The highest BCUT2D eigenvalue weighted by molar-refractivity contribution is 8.27. The average Bonchev–Trinajstić information content (AvgIpc) is 2.90. The summed E-state index contributed by atoms with van der Waals surface area (Å²) in [6.07, 6.45) is 1.61. The van der Waals surface area contributed by atoms with E-state index in [0.29, 0.717) is 32.8 Å². The molecule has 0 unspecified atom stereocenters. The molecule has 0 radical (unpaired) electrons. The van der Waals surface area contributed by atoms with Crippen LogP contribution in [0.3, 0.4) is 0 Å². The summed E-state index contributed by atoms with van der Waals surface area (Å²) in [5.41, 5.74) is 1.20. The van der Waals surface area contributed by atoms with Crippen LogP contribution in [0.4, 0.5) is 11.4 Å². The maximum atomic E-state index is 12.7. The molecule has 1 fully saturated rings. The summed E-state index contributed by atoms with van der Waals surface area (Å²) in [6.45, 7) is 2.46. The van der Waals surface area contributed by atoms with Gasteiger partial charge in [-0.3, -0.25) is 19.8 Å². The smallest absolute Gasteiger partial charge is 0.270 e. The minimum absolute atomic E-state index is 0.0271. The number of rotatable bonds is 5. The number of ether oxygens (including phenoxy) is 1. The second-order valence-corrected chi connectivity index (χ2v) is 6.97. The van der Waals surface area contributed by atoms with Gasteiger partial charge in [0.1, 0.15) is 5.75 Å². The molecule has 1 amide bonds. The lowest BCUT2D eigenvalue weighted by atomic mass is 10.2.